The minimum atomic E-state index is -0.519. The van der Waals surface area contributed by atoms with Gasteiger partial charge in [-0.05, 0) is 56.7 Å². The highest BCUT2D eigenvalue weighted by Crippen LogP contribution is 2.30. The summed E-state index contributed by atoms with van der Waals surface area (Å²) < 4.78 is 10.4. The summed E-state index contributed by atoms with van der Waals surface area (Å²) in [7, 11) is 3.05. The van der Waals surface area contributed by atoms with Crippen molar-refractivity contribution in [3.63, 3.8) is 0 Å². The lowest BCUT2D eigenvalue weighted by Crippen LogP contribution is -3.00. The number of amides is 1. The summed E-state index contributed by atoms with van der Waals surface area (Å²) in [6.07, 6.45) is 1.41. The summed E-state index contributed by atoms with van der Waals surface area (Å²) in [5, 5.41) is 15.2. The van der Waals surface area contributed by atoms with Crippen molar-refractivity contribution in [1.29, 1.82) is 5.26 Å². The summed E-state index contributed by atoms with van der Waals surface area (Å²) in [4.78, 5) is 14.8. The molecule has 0 bridgehead atoms. The van der Waals surface area contributed by atoms with E-state index in [1.54, 1.807) is 18.2 Å². The number of hydrogen-bond acceptors (Lipinski definition) is 6. The molecule has 31 heavy (non-hydrogen) atoms. The third kappa shape index (κ3) is 6.56. The molecule has 8 heteroatoms. The van der Waals surface area contributed by atoms with Crippen LogP contribution < -0.4 is 37.4 Å². The molecule has 166 valence electrons. The molecule has 0 aliphatic heterocycles. The Morgan fingerprint density at radius 3 is 2.32 bits per heavy atom. The second-order valence-corrected chi connectivity index (χ2v) is 6.51. The number of nitrogens with one attached hydrogen (secondary N) is 2. The van der Waals surface area contributed by atoms with Crippen LogP contribution in [-0.4, -0.2) is 33.2 Å². The first-order valence-electron chi connectivity index (χ1n) is 9.73. The van der Waals surface area contributed by atoms with Gasteiger partial charge in [0.2, 0.25) is 0 Å². The lowest BCUT2D eigenvalue weighted by Gasteiger charge is -2.22. The average molecular weight is 444 g/mol. The van der Waals surface area contributed by atoms with Crippen LogP contribution in [0.25, 0.3) is 0 Å². The predicted molar refractivity (Wildman–Crippen MR) is 120 cm³/mol. The molecule has 2 rings (SSSR count). The summed E-state index contributed by atoms with van der Waals surface area (Å²) in [6, 6.07) is 13.0. The number of benzene rings is 2. The van der Waals surface area contributed by atoms with Crippen molar-refractivity contribution in [3.05, 3.63) is 53.7 Å². The van der Waals surface area contributed by atoms with Crippen LogP contribution in [0, 0.1) is 18.3 Å². The smallest absolute Gasteiger partial charge is 0.267 e. The van der Waals surface area contributed by atoms with Gasteiger partial charge in [0.15, 0.2) is 11.5 Å². The quantitative estimate of drug-likeness (QED) is 0.449. The van der Waals surface area contributed by atoms with Gasteiger partial charge < -0.3 is 37.4 Å². The van der Waals surface area contributed by atoms with Crippen molar-refractivity contribution in [3.8, 4) is 17.6 Å². The van der Waals surface area contributed by atoms with E-state index < -0.39 is 5.91 Å². The molecule has 0 unspecified atom stereocenters. The van der Waals surface area contributed by atoms with E-state index in [9.17, 15) is 10.1 Å². The van der Waals surface area contributed by atoms with E-state index in [0.29, 0.717) is 17.2 Å². The zero-order chi connectivity index (χ0) is 22.1. The minimum absolute atomic E-state index is 0. The maximum Gasteiger partial charge on any atom is 0.267 e. The molecular formula is C23H28ClN4O3-. The Morgan fingerprint density at radius 1 is 1.10 bits per heavy atom. The van der Waals surface area contributed by atoms with Crippen LogP contribution in [0.5, 0.6) is 11.5 Å². The van der Waals surface area contributed by atoms with Gasteiger partial charge >= 0.3 is 0 Å². The number of carbonyl (C=O) groups excluding carboxylic acids is 1. The van der Waals surface area contributed by atoms with Gasteiger partial charge in [-0.3, -0.25) is 4.79 Å². The minimum Gasteiger partial charge on any atom is -1.00 e. The van der Waals surface area contributed by atoms with Gasteiger partial charge in [-0.25, -0.2) is 0 Å². The topological polar surface area (TPSA) is 86.6 Å². The molecule has 0 aromatic heterocycles. The Bertz CT molecular complexity index is 966. The molecule has 1 amide bonds. The number of methoxy groups -OCH3 is 2. The van der Waals surface area contributed by atoms with Crippen molar-refractivity contribution in [1.82, 2.24) is 0 Å². The first-order chi connectivity index (χ1) is 14.5. The summed E-state index contributed by atoms with van der Waals surface area (Å²) in [5.41, 5.74) is 3.44. The Balaban J connectivity index is 0.00000480. The molecular weight excluding hydrogens is 416 g/mol. The largest absolute Gasteiger partial charge is 1.00 e. The predicted octanol–water partition coefficient (Wildman–Crippen LogP) is 1.32. The van der Waals surface area contributed by atoms with Gasteiger partial charge in [-0.2, -0.15) is 5.26 Å². The van der Waals surface area contributed by atoms with Crippen molar-refractivity contribution in [2.75, 3.05) is 42.8 Å². The Morgan fingerprint density at radius 2 is 1.77 bits per heavy atom. The second-order valence-electron chi connectivity index (χ2n) is 6.51. The number of hydrogen-bond donors (Lipinski definition) is 2. The lowest BCUT2D eigenvalue weighted by atomic mass is 10.1. The van der Waals surface area contributed by atoms with E-state index in [4.69, 9.17) is 9.47 Å². The van der Waals surface area contributed by atoms with E-state index in [1.165, 1.54) is 20.4 Å². The van der Waals surface area contributed by atoms with Gasteiger partial charge in [-0.1, -0.05) is 0 Å². The van der Waals surface area contributed by atoms with Crippen molar-refractivity contribution >= 4 is 23.0 Å². The number of halogens is 1. The fraction of sp³-hybridized carbons (Fsp3) is 0.304. The van der Waals surface area contributed by atoms with Crippen molar-refractivity contribution in [2.24, 2.45) is 0 Å². The molecule has 0 fully saturated rings. The molecule has 0 saturated carbocycles. The number of nitriles is 1. The van der Waals surface area contributed by atoms with Crippen LogP contribution in [0.4, 0.5) is 17.1 Å². The summed E-state index contributed by atoms with van der Waals surface area (Å²) in [6.45, 7) is 8.07. The third-order valence-electron chi connectivity index (χ3n) is 4.72. The van der Waals surface area contributed by atoms with Crippen LogP contribution in [0.3, 0.4) is 0 Å². The highest BCUT2D eigenvalue weighted by molar-refractivity contribution is 6.06. The van der Waals surface area contributed by atoms with E-state index in [0.717, 1.165) is 30.0 Å². The van der Waals surface area contributed by atoms with Gasteiger partial charge in [-0.15, -0.1) is 0 Å². The fourth-order valence-electron chi connectivity index (χ4n) is 3.01. The molecule has 2 N–H and O–H groups in total. The molecule has 0 atom stereocenters. The fourth-order valence-corrected chi connectivity index (χ4v) is 3.01. The van der Waals surface area contributed by atoms with Crippen molar-refractivity contribution < 1.29 is 26.7 Å². The zero-order valence-electron chi connectivity index (χ0n) is 18.5. The molecule has 0 aliphatic carbocycles. The van der Waals surface area contributed by atoms with Gasteiger partial charge in [0.05, 0.1) is 14.2 Å². The van der Waals surface area contributed by atoms with E-state index in [1.807, 2.05) is 25.1 Å². The Kier molecular flexibility index (Phi) is 10.2. The van der Waals surface area contributed by atoms with E-state index in [2.05, 4.69) is 35.4 Å². The summed E-state index contributed by atoms with van der Waals surface area (Å²) >= 11 is 0. The molecule has 2 aromatic carbocycles. The van der Waals surface area contributed by atoms with Gasteiger partial charge in [0.1, 0.15) is 11.6 Å². The third-order valence-corrected chi connectivity index (χ3v) is 4.72. The number of carbonyl (C=O) groups is 1. The maximum absolute atomic E-state index is 12.5. The second kappa shape index (κ2) is 12.4. The molecule has 0 radical (unpaired) electrons. The standard InChI is InChI=1S/C23H28N4O3.ClH/c1-6-27(7-2)19-9-10-20(16(3)12-19)25-15-17(14-24)23(28)26-18-8-11-21(29-4)22(13-18)30-5;/h8-13,15,25H,6-7H2,1-5H3,(H,26,28);1H/p-1/b17-15-;. The zero-order valence-corrected chi connectivity index (χ0v) is 19.2. The SMILES string of the molecule is CCN(CC)c1ccc(N/C=C(/C#N)C(=O)Nc2ccc(OC)c(OC)c2)c(C)c1.[Cl-]. The molecule has 0 spiro atoms. The maximum atomic E-state index is 12.5. The van der Waals surface area contributed by atoms with Crippen LogP contribution in [0.2, 0.25) is 0 Å². The number of ether oxygens (including phenoxy) is 2. The van der Waals surface area contributed by atoms with Crippen LogP contribution >= 0.6 is 0 Å². The number of nitrogens with zero attached hydrogens (tertiary/aromatic N) is 2. The number of rotatable bonds is 9. The number of aryl methyl sites for hydroxylation is 1. The van der Waals surface area contributed by atoms with Gasteiger partial charge in [0, 0.05) is 42.4 Å². The Hall–Kier alpha value is -3.37. The molecule has 0 aliphatic rings. The first-order valence-corrected chi connectivity index (χ1v) is 9.73. The highest BCUT2D eigenvalue weighted by Gasteiger charge is 2.12. The summed E-state index contributed by atoms with van der Waals surface area (Å²) in [5.74, 6) is 0.520. The molecule has 7 nitrogen and oxygen atoms in total. The first kappa shape index (κ1) is 25.7. The number of anilines is 3. The van der Waals surface area contributed by atoms with Crippen LogP contribution in [0.1, 0.15) is 19.4 Å². The molecule has 0 saturated heterocycles. The van der Waals surface area contributed by atoms with Crippen molar-refractivity contribution in [2.45, 2.75) is 20.8 Å². The van der Waals surface area contributed by atoms with Crippen LogP contribution in [-0.2, 0) is 4.79 Å². The Labute approximate surface area is 190 Å². The molecule has 0 heterocycles. The normalized spacial score (nSPS) is 10.4. The average Bonchev–Trinajstić information content (AvgIpc) is 2.76. The molecule has 2 aromatic rings. The van der Waals surface area contributed by atoms with Crippen LogP contribution in [0.15, 0.2) is 48.2 Å². The van der Waals surface area contributed by atoms with Gasteiger partial charge in [0.25, 0.3) is 5.91 Å². The highest BCUT2D eigenvalue weighted by atomic mass is 35.5. The lowest BCUT2D eigenvalue weighted by molar-refractivity contribution is -0.112. The van der Waals surface area contributed by atoms with E-state index in [-0.39, 0.29) is 18.0 Å². The monoisotopic (exact) mass is 443 g/mol. The van der Waals surface area contributed by atoms with E-state index >= 15 is 0 Å².